The van der Waals surface area contributed by atoms with Gasteiger partial charge in [0.25, 0.3) is 0 Å². The zero-order valence-corrected chi connectivity index (χ0v) is 21.0. The number of hydrogen-bond donors (Lipinski definition) is 1. The highest BCUT2D eigenvalue weighted by Gasteiger charge is 2.13. The molecule has 0 atom stereocenters. The van der Waals surface area contributed by atoms with Crippen molar-refractivity contribution in [1.82, 2.24) is 14.9 Å². The monoisotopic (exact) mass is 469 g/mol. The molecule has 0 aliphatic carbocycles. The molecule has 1 N–H and O–H groups in total. The van der Waals surface area contributed by atoms with E-state index in [0.29, 0.717) is 19.2 Å². The van der Waals surface area contributed by atoms with Gasteiger partial charge in [0.1, 0.15) is 0 Å². The Hall–Kier alpha value is -3.64. The lowest BCUT2D eigenvalue weighted by Gasteiger charge is -2.24. The molecule has 0 saturated carbocycles. The Kier molecular flexibility index (Phi) is 8.16. The van der Waals surface area contributed by atoms with Crippen LogP contribution in [-0.2, 0) is 17.9 Å². The molecule has 0 bridgehead atoms. The number of fused-ring (bicyclic) bond motifs is 1. The minimum atomic E-state index is 0.518. The highest BCUT2D eigenvalue weighted by atomic mass is 16.5. The molecule has 4 rings (SSSR count). The topological polar surface area (TPSA) is 53.5 Å². The van der Waals surface area contributed by atoms with E-state index in [0.717, 1.165) is 48.6 Å². The molecule has 0 amide bonds. The average Bonchev–Trinajstić information content (AvgIpc) is 2.88. The van der Waals surface area contributed by atoms with Gasteiger partial charge in [-0.1, -0.05) is 25.1 Å². The van der Waals surface area contributed by atoms with Crippen molar-refractivity contribution in [2.75, 3.05) is 37.0 Å². The average molecular weight is 470 g/mol. The fourth-order valence-electron chi connectivity index (χ4n) is 4.31. The summed E-state index contributed by atoms with van der Waals surface area (Å²) in [6, 6.07) is 14.8. The zero-order chi connectivity index (χ0) is 24.6. The quantitative estimate of drug-likeness (QED) is 0.265. The van der Waals surface area contributed by atoms with E-state index in [-0.39, 0.29) is 0 Å². The molecular weight excluding hydrogens is 434 g/mol. The maximum absolute atomic E-state index is 5.77. The first-order valence-corrected chi connectivity index (χ1v) is 12.3. The highest BCUT2D eigenvalue weighted by molar-refractivity contribution is 5.68. The minimum Gasteiger partial charge on any atom is -0.374 e. The van der Waals surface area contributed by atoms with Gasteiger partial charge in [0.15, 0.2) is 0 Å². The van der Waals surface area contributed by atoms with Crippen LogP contribution in [0.2, 0.25) is 0 Å². The minimum absolute atomic E-state index is 0.518. The first-order valence-electron chi connectivity index (χ1n) is 12.3. The van der Waals surface area contributed by atoms with E-state index < -0.39 is 0 Å². The molecule has 1 aliphatic heterocycles. The van der Waals surface area contributed by atoms with Crippen molar-refractivity contribution in [1.29, 1.82) is 0 Å². The first kappa shape index (κ1) is 24.5. The number of nitrogens with zero attached hydrogens (tertiary/aromatic N) is 4. The molecule has 6 heteroatoms. The lowest BCUT2D eigenvalue weighted by Crippen LogP contribution is -2.19. The predicted molar refractivity (Wildman–Crippen MR) is 146 cm³/mol. The van der Waals surface area contributed by atoms with E-state index in [1.807, 2.05) is 6.07 Å². The Morgan fingerprint density at radius 2 is 2.06 bits per heavy atom. The van der Waals surface area contributed by atoms with Crippen LogP contribution in [0.15, 0.2) is 67.5 Å². The molecule has 0 radical (unpaired) electrons. The summed E-state index contributed by atoms with van der Waals surface area (Å²) >= 11 is 0. The van der Waals surface area contributed by atoms with Gasteiger partial charge in [-0.25, -0.2) is 9.97 Å². The lowest BCUT2D eigenvalue weighted by atomic mass is 9.99. The van der Waals surface area contributed by atoms with Gasteiger partial charge in [-0.15, -0.1) is 6.58 Å². The largest absolute Gasteiger partial charge is 0.374 e. The number of hydrogen-bond acceptors (Lipinski definition) is 6. The summed E-state index contributed by atoms with van der Waals surface area (Å²) in [5.74, 6) is 0.572. The van der Waals surface area contributed by atoms with Gasteiger partial charge >= 0.3 is 0 Å². The van der Waals surface area contributed by atoms with Gasteiger partial charge in [0.05, 0.1) is 18.9 Å². The summed E-state index contributed by atoms with van der Waals surface area (Å²) in [5, 5.41) is 3.39. The standard InChI is InChI=1S/C29H35N5O/c1-5-15-33(4)28-11-10-26(19-25(28)21-35-17-6-2)31-29-30-14-12-27(32-29)23-9-8-22-13-16-34(7-3)20-24(22)18-23/h6,8-14,16,18-19H,2,5,7,15,17,20-21H2,1,3-4H3,(H,30,31,32). The van der Waals surface area contributed by atoms with Crippen LogP contribution in [0.25, 0.3) is 17.3 Å². The highest BCUT2D eigenvalue weighted by Crippen LogP contribution is 2.28. The number of anilines is 3. The molecule has 3 aromatic rings. The van der Waals surface area contributed by atoms with Crippen molar-refractivity contribution < 1.29 is 4.74 Å². The molecule has 0 spiro atoms. The van der Waals surface area contributed by atoms with Crippen molar-refractivity contribution in [3.8, 4) is 11.3 Å². The molecule has 0 unspecified atom stereocenters. The molecule has 35 heavy (non-hydrogen) atoms. The maximum Gasteiger partial charge on any atom is 0.227 e. The second-order valence-corrected chi connectivity index (χ2v) is 8.75. The lowest BCUT2D eigenvalue weighted by molar-refractivity contribution is 0.149. The van der Waals surface area contributed by atoms with Gasteiger partial charge in [-0.05, 0) is 67.1 Å². The summed E-state index contributed by atoms with van der Waals surface area (Å²) in [6.07, 6.45) is 9.00. The maximum atomic E-state index is 5.77. The smallest absolute Gasteiger partial charge is 0.227 e. The number of rotatable bonds is 11. The van der Waals surface area contributed by atoms with Crippen LogP contribution in [-0.4, -0.2) is 41.6 Å². The van der Waals surface area contributed by atoms with Crippen molar-refractivity contribution >= 4 is 23.4 Å². The molecule has 0 fully saturated rings. The van der Waals surface area contributed by atoms with Gasteiger partial charge < -0.3 is 19.9 Å². The Balaban J connectivity index is 1.56. The third-order valence-corrected chi connectivity index (χ3v) is 6.14. The van der Waals surface area contributed by atoms with Crippen LogP contribution in [0.4, 0.5) is 17.3 Å². The third-order valence-electron chi connectivity index (χ3n) is 6.14. The second-order valence-electron chi connectivity index (χ2n) is 8.75. The fourth-order valence-corrected chi connectivity index (χ4v) is 4.31. The summed E-state index contributed by atoms with van der Waals surface area (Å²) < 4.78 is 5.77. The molecule has 2 aromatic carbocycles. The van der Waals surface area contributed by atoms with Gasteiger partial charge in [-0.3, -0.25) is 0 Å². The van der Waals surface area contributed by atoms with E-state index >= 15 is 0 Å². The van der Waals surface area contributed by atoms with Crippen molar-refractivity contribution in [3.05, 3.63) is 84.2 Å². The number of nitrogens with one attached hydrogen (secondary N) is 1. The fraction of sp³-hybridized carbons (Fsp3) is 0.310. The summed E-state index contributed by atoms with van der Waals surface area (Å²) in [4.78, 5) is 13.8. The molecule has 0 saturated heterocycles. The molecule has 6 nitrogen and oxygen atoms in total. The second kappa shape index (κ2) is 11.7. The van der Waals surface area contributed by atoms with E-state index in [2.05, 4.69) is 96.2 Å². The number of ether oxygens (including phenoxy) is 1. The van der Waals surface area contributed by atoms with Crippen LogP contribution < -0.4 is 10.2 Å². The Morgan fingerprint density at radius 1 is 1.17 bits per heavy atom. The third kappa shape index (κ3) is 6.08. The Bertz CT molecular complexity index is 1190. The van der Waals surface area contributed by atoms with E-state index in [4.69, 9.17) is 9.72 Å². The number of benzene rings is 2. The molecule has 1 aliphatic rings. The Morgan fingerprint density at radius 3 is 2.86 bits per heavy atom. The zero-order valence-electron chi connectivity index (χ0n) is 21.0. The van der Waals surface area contributed by atoms with Gasteiger partial charge in [0, 0.05) is 55.4 Å². The molecule has 2 heterocycles. The summed E-state index contributed by atoms with van der Waals surface area (Å²) in [7, 11) is 2.11. The SMILES string of the molecule is C=CCOCc1cc(Nc2nccc(-c3ccc4c(c3)CN(CC)C=C4)n2)ccc1N(C)CCC. The van der Waals surface area contributed by atoms with Crippen LogP contribution >= 0.6 is 0 Å². The Labute approximate surface area is 209 Å². The molecule has 1 aromatic heterocycles. The first-order chi connectivity index (χ1) is 17.1. The van der Waals surface area contributed by atoms with E-state index in [1.165, 1.54) is 16.8 Å². The van der Waals surface area contributed by atoms with E-state index in [1.54, 1.807) is 12.3 Å². The molecule has 182 valence electrons. The van der Waals surface area contributed by atoms with Gasteiger partial charge in [-0.2, -0.15) is 0 Å². The van der Waals surface area contributed by atoms with Crippen molar-refractivity contribution in [2.45, 2.75) is 33.4 Å². The van der Waals surface area contributed by atoms with Gasteiger partial charge in [0.2, 0.25) is 5.95 Å². The van der Waals surface area contributed by atoms with Crippen LogP contribution in [0.1, 0.15) is 37.0 Å². The van der Waals surface area contributed by atoms with Crippen molar-refractivity contribution in [3.63, 3.8) is 0 Å². The van der Waals surface area contributed by atoms with Crippen LogP contribution in [0.3, 0.4) is 0 Å². The van der Waals surface area contributed by atoms with Crippen molar-refractivity contribution in [2.24, 2.45) is 0 Å². The number of aromatic nitrogens is 2. The van der Waals surface area contributed by atoms with Crippen LogP contribution in [0.5, 0.6) is 0 Å². The summed E-state index contributed by atoms with van der Waals surface area (Å²) in [6.45, 7) is 12.0. The molecular formula is C29H35N5O. The normalized spacial score (nSPS) is 12.4. The summed E-state index contributed by atoms with van der Waals surface area (Å²) in [5.41, 5.74) is 7.79. The predicted octanol–water partition coefficient (Wildman–Crippen LogP) is 6.24. The van der Waals surface area contributed by atoms with E-state index in [9.17, 15) is 0 Å². The van der Waals surface area contributed by atoms with Crippen LogP contribution in [0, 0.1) is 0 Å².